The lowest BCUT2D eigenvalue weighted by molar-refractivity contribution is -0.139. The first-order valence-corrected chi connectivity index (χ1v) is 13.8. The summed E-state index contributed by atoms with van der Waals surface area (Å²) in [4.78, 5) is 28.1. The van der Waals surface area contributed by atoms with Crippen LogP contribution in [0.4, 0.5) is 5.69 Å². The molecule has 3 aromatic carbocycles. The predicted octanol–water partition coefficient (Wildman–Crippen LogP) is 4.79. The van der Waals surface area contributed by atoms with E-state index in [2.05, 4.69) is 5.32 Å². The number of hydrogen-bond donors (Lipinski definition) is 1. The Bertz CT molecular complexity index is 1330. The van der Waals surface area contributed by atoms with Gasteiger partial charge in [0.1, 0.15) is 12.6 Å². The van der Waals surface area contributed by atoms with Crippen LogP contribution in [0.1, 0.15) is 31.9 Å². The molecule has 0 aliphatic heterocycles. The van der Waals surface area contributed by atoms with E-state index in [0.29, 0.717) is 5.02 Å². The summed E-state index contributed by atoms with van der Waals surface area (Å²) in [6.45, 7) is 6.80. The number of nitrogens with one attached hydrogen (secondary N) is 1. The van der Waals surface area contributed by atoms with Gasteiger partial charge in [-0.05, 0) is 63.6 Å². The summed E-state index contributed by atoms with van der Waals surface area (Å²) in [5, 5.41) is 3.17. The fraction of sp³-hybridized carbons (Fsp3) is 0.286. The zero-order chi connectivity index (χ0) is 27.2. The van der Waals surface area contributed by atoms with Crippen LogP contribution in [0.25, 0.3) is 0 Å². The van der Waals surface area contributed by atoms with Crippen molar-refractivity contribution >= 4 is 39.1 Å². The van der Waals surface area contributed by atoms with Crippen molar-refractivity contribution < 1.29 is 18.0 Å². The molecule has 3 aromatic rings. The van der Waals surface area contributed by atoms with E-state index in [4.69, 9.17) is 11.6 Å². The third-order valence-corrected chi connectivity index (χ3v) is 7.80. The molecule has 37 heavy (non-hydrogen) atoms. The summed E-state index contributed by atoms with van der Waals surface area (Å²) >= 11 is 6.18. The van der Waals surface area contributed by atoms with Crippen LogP contribution in [0.2, 0.25) is 5.02 Å². The SMILES string of the molecule is Cc1ccc(S(=O)(=O)N(CC(=O)N(Cc2ccccc2)[C@H](C)C(=O)NC(C)C)c2cccc(Cl)c2)cc1. The summed E-state index contributed by atoms with van der Waals surface area (Å²) in [6, 6.07) is 21.1. The third kappa shape index (κ3) is 7.33. The molecule has 1 N–H and O–H groups in total. The summed E-state index contributed by atoms with van der Waals surface area (Å²) in [5.74, 6) is -0.846. The van der Waals surface area contributed by atoms with Gasteiger partial charge in [0.05, 0.1) is 10.6 Å². The molecule has 0 heterocycles. The third-order valence-electron chi connectivity index (χ3n) is 5.78. The lowest BCUT2D eigenvalue weighted by atomic mass is 10.1. The lowest BCUT2D eigenvalue weighted by Gasteiger charge is -2.32. The topological polar surface area (TPSA) is 86.8 Å². The molecule has 0 spiro atoms. The van der Waals surface area contributed by atoms with E-state index in [0.717, 1.165) is 15.4 Å². The number of rotatable bonds is 10. The molecule has 0 aliphatic rings. The van der Waals surface area contributed by atoms with E-state index in [1.54, 1.807) is 37.3 Å². The van der Waals surface area contributed by atoms with Crippen LogP contribution < -0.4 is 9.62 Å². The highest BCUT2D eigenvalue weighted by molar-refractivity contribution is 7.92. The maximum absolute atomic E-state index is 13.8. The standard InChI is InChI=1S/C28H32ClN3O4S/c1-20(2)30-28(34)22(4)31(18-23-9-6-5-7-10-23)27(33)19-32(25-12-8-11-24(29)17-25)37(35,36)26-15-13-21(3)14-16-26/h5-17,20,22H,18-19H2,1-4H3,(H,30,34)/t22-/m1/s1. The van der Waals surface area contributed by atoms with Crippen molar-refractivity contribution in [2.24, 2.45) is 0 Å². The van der Waals surface area contributed by atoms with Gasteiger partial charge < -0.3 is 10.2 Å². The number of hydrogen-bond acceptors (Lipinski definition) is 4. The van der Waals surface area contributed by atoms with Crippen molar-refractivity contribution in [1.29, 1.82) is 0 Å². The normalized spacial score (nSPS) is 12.2. The molecule has 0 bridgehead atoms. The molecule has 3 rings (SSSR count). The van der Waals surface area contributed by atoms with Gasteiger partial charge in [-0.15, -0.1) is 0 Å². The van der Waals surface area contributed by atoms with Gasteiger partial charge in [0.25, 0.3) is 10.0 Å². The highest BCUT2D eigenvalue weighted by atomic mass is 35.5. The minimum absolute atomic E-state index is 0.0473. The molecule has 7 nitrogen and oxygen atoms in total. The van der Waals surface area contributed by atoms with Gasteiger partial charge in [-0.3, -0.25) is 13.9 Å². The number of benzene rings is 3. The molecule has 0 aromatic heterocycles. The minimum Gasteiger partial charge on any atom is -0.352 e. The van der Waals surface area contributed by atoms with Gasteiger partial charge in [-0.25, -0.2) is 8.42 Å². The molecular weight excluding hydrogens is 510 g/mol. The van der Waals surface area contributed by atoms with E-state index in [1.165, 1.54) is 23.1 Å². The average molecular weight is 542 g/mol. The van der Waals surface area contributed by atoms with Crippen LogP contribution in [0.15, 0.2) is 83.8 Å². The number of amides is 2. The second-order valence-electron chi connectivity index (χ2n) is 9.15. The summed E-state index contributed by atoms with van der Waals surface area (Å²) in [6.07, 6.45) is 0. The van der Waals surface area contributed by atoms with Crippen molar-refractivity contribution in [2.75, 3.05) is 10.8 Å². The first-order valence-electron chi connectivity index (χ1n) is 12.0. The number of sulfonamides is 1. The number of anilines is 1. The maximum Gasteiger partial charge on any atom is 0.264 e. The predicted molar refractivity (Wildman–Crippen MR) is 147 cm³/mol. The molecule has 0 radical (unpaired) electrons. The Morgan fingerprint density at radius 2 is 1.57 bits per heavy atom. The van der Waals surface area contributed by atoms with Gasteiger partial charge in [-0.1, -0.05) is 65.7 Å². The molecule has 0 aliphatic carbocycles. The Labute approximate surface area is 224 Å². The van der Waals surface area contributed by atoms with Crippen molar-refractivity contribution in [3.05, 3.63) is 95.0 Å². The molecular formula is C28H32ClN3O4S. The first-order chi connectivity index (χ1) is 17.5. The number of carbonyl (C=O) groups excluding carboxylic acids is 2. The van der Waals surface area contributed by atoms with Gasteiger partial charge in [-0.2, -0.15) is 0 Å². The largest absolute Gasteiger partial charge is 0.352 e. The van der Waals surface area contributed by atoms with E-state index in [9.17, 15) is 18.0 Å². The quantitative estimate of drug-likeness (QED) is 0.400. The highest BCUT2D eigenvalue weighted by Gasteiger charge is 2.32. The van der Waals surface area contributed by atoms with Crippen LogP contribution in [-0.2, 0) is 26.2 Å². The molecule has 196 valence electrons. The van der Waals surface area contributed by atoms with Crippen molar-refractivity contribution in [2.45, 2.75) is 51.2 Å². The zero-order valence-corrected chi connectivity index (χ0v) is 23.0. The smallest absolute Gasteiger partial charge is 0.264 e. The van der Waals surface area contributed by atoms with Gasteiger partial charge in [0, 0.05) is 17.6 Å². The molecule has 0 fully saturated rings. The van der Waals surface area contributed by atoms with Gasteiger partial charge in [0.2, 0.25) is 11.8 Å². The van der Waals surface area contributed by atoms with Gasteiger partial charge in [0.15, 0.2) is 0 Å². The molecule has 0 saturated heterocycles. The molecule has 0 saturated carbocycles. The van der Waals surface area contributed by atoms with E-state index in [1.807, 2.05) is 51.1 Å². The number of carbonyl (C=O) groups is 2. The summed E-state index contributed by atoms with van der Waals surface area (Å²) in [5.41, 5.74) is 1.97. The van der Waals surface area contributed by atoms with Crippen LogP contribution in [0.5, 0.6) is 0 Å². The van der Waals surface area contributed by atoms with E-state index < -0.39 is 28.5 Å². The van der Waals surface area contributed by atoms with Crippen LogP contribution in [0.3, 0.4) is 0 Å². The van der Waals surface area contributed by atoms with Crippen LogP contribution >= 0.6 is 11.6 Å². The number of nitrogens with zero attached hydrogens (tertiary/aromatic N) is 2. The lowest BCUT2D eigenvalue weighted by Crippen LogP contribution is -2.52. The summed E-state index contributed by atoms with van der Waals surface area (Å²) in [7, 11) is -4.13. The van der Waals surface area contributed by atoms with Crippen molar-refractivity contribution in [3.63, 3.8) is 0 Å². The van der Waals surface area contributed by atoms with Crippen LogP contribution in [0, 0.1) is 6.92 Å². The Morgan fingerprint density at radius 3 is 2.16 bits per heavy atom. The van der Waals surface area contributed by atoms with Crippen molar-refractivity contribution in [3.8, 4) is 0 Å². The second-order valence-corrected chi connectivity index (χ2v) is 11.4. The fourth-order valence-electron chi connectivity index (χ4n) is 3.77. The Balaban J connectivity index is 2.02. The minimum atomic E-state index is -4.13. The Morgan fingerprint density at radius 1 is 0.919 bits per heavy atom. The van der Waals surface area contributed by atoms with Gasteiger partial charge >= 0.3 is 0 Å². The molecule has 1 atom stereocenters. The molecule has 2 amide bonds. The average Bonchev–Trinajstić information content (AvgIpc) is 2.85. The monoisotopic (exact) mass is 541 g/mol. The number of halogens is 1. The molecule has 0 unspecified atom stereocenters. The van der Waals surface area contributed by atoms with Crippen LogP contribution in [-0.4, -0.2) is 43.8 Å². The number of aryl methyl sites for hydroxylation is 1. The second kappa shape index (κ2) is 12.3. The Hall–Kier alpha value is -3.36. The zero-order valence-electron chi connectivity index (χ0n) is 21.4. The highest BCUT2D eigenvalue weighted by Crippen LogP contribution is 2.27. The Kier molecular flexibility index (Phi) is 9.34. The van der Waals surface area contributed by atoms with E-state index in [-0.39, 0.29) is 29.1 Å². The first kappa shape index (κ1) is 28.2. The fourth-order valence-corrected chi connectivity index (χ4v) is 5.36. The van der Waals surface area contributed by atoms with E-state index >= 15 is 0 Å². The summed E-state index contributed by atoms with van der Waals surface area (Å²) < 4.78 is 28.5. The molecule has 9 heteroatoms. The maximum atomic E-state index is 13.8. The van der Waals surface area contributed by atoms with Crippen molar-refractivity contribution in [1.82, 2.24) is 10.2 Å².